The summed E-state index contributed by atoms with van der Waals surface area (Å²) in [5.74, 6) is -0.384. The summed E-state index contributed by atoms with van der Waals surface area (Å²) in [6.45, 7) is 1.99. The molecular formula is C8H10BNO2. The molecule has 0 saturated carbocycles. The van der Waals surface area contributed by atoms with Crippen LogP contribution in [0.5, 0.6) is 0 Å². The Balaban J connectivity index is 2.93. The lowest BCUT2D eigenvalue weighted by Crippen LogP contribution is -2.18. The van der Waals surface area contributed by atoms with E-state index < -0.39 is 0 Å². The first-order valence-corrected chi connectivity index (χ1v) is 3.82. The Morgan fingerprint density at radius 3 is 2.92 bits per heavy atom. The van der Waals surface area contributed by atoms with Gasteiger partial charge in [-0.05, 0) is 6.07 Å². The summed E-state index contributed by atoms with van der Waals surface area (Å²) in [5, 5.41) is 0. The molecule has 0 radical (unpaired) electrons. The maximum Gasteiger partial charge on any atom is 0.356 e. The normalized spacial score (nSPS) is 9.17. The molecule has 1 rings (SSSR count). The van der Waals surface area contributed by atoms with Crippen LogP contribution in [-0.2, 0) is 4.74 Å². The van der Waals surface area contributed by atoms with Gasteiger partial charge in [0.25, 0.3) is 0 Å². The molecule has 0 aromatic carbocycles. The van der Waals surface area contributed by atoms with Gasteiger partial charge in [0.05, 0.1) is 7.11 Å². The van der Waals surface area contributed by atoms with Crippen molar-refractivity contribution in [1.82, 2.24) is 4.98 Å². The minimum atomic E-state index is -0.384. The lowest BCUT2D eigenvalue weighted by Gasteiger charge is -1.99. The van der Waals surface area contributed by atoms with Crippen LogP contribution in [0.15, 0.2) is 18.2 Å². The van der Waals surface area contributed by atoms with Crippen molar-refractivity contribution in [3.05, 3.63) is 23.9 Å². The minimum Gasteiger partial charge on any atom is -0.464 e. The van der Waals surface area contributed by atoms with Gasteiger partial charge in [-0.25, -0.2) is 4.79 Å². The number of hydrogen-bond acceptors (Lipinski definition) is 3. The minimum absolute atomic E-state index is 0.372. The van der Waals surface area contributed by atoms with Crippen LogP contribution in [0.4, 0.5) is 0 Å². The number of hydrogen-bond donors (Lipinski definition) is 0. The molecule has 0 aliphatic rings. The Hall–Kier alpha value is -1.32. The van der Waals surface area contributed by atoms with Crippen LogP contribution in [0.3, 0.4) is 0 Å². The number of carbonyl (C=O) groups excluding carboxylic acids is 1. The quantitative estimate of drug-likeness (QED) is 0.454. The molecule has 1 aromatic rings. The predicted octanol–water partition coefficient (Wildman–Crippen LogP) is -0.0219. The Morgan fingerprint density at radius 2 is 2.33 bits per heavy atom. The molecule has 0 aliphatic carbocycles. The first kappa shape index (κ1) is 8.78. The monoisotopic (exact) mass is 163 g/mol. The molecule has 12 heavy (non-hydrogen) atoms. The lowest BCUT2D eigenvalue weighted by molar-refractivity contribution is 0.0594. The van der Waals surface area contributed by atoms with E-state index in [0.29, 0.717) is 5.69 Å². The molecule has 0 spiro atoms. The number of carbonyl (C=O) groups is 1. The summed E-state index contributed by atoms with van der Waals surface area (Å²) in [7, 11) is 2.17. The molecule has 0 N–H and O–H groups in total. The maximum absolute atomic E-state index is 11.0. The van der Waals surface area contributed by atoms with E-state index in [1.165, 1.54) is 7.11 Å². The third-order valence-electron chi connectivity index (χ3n) is 1.56. The van der Waals surface area contributed by atoms with Gasteiger partial charge in [-0.3, -0.25) is 4.98 Å². The van der Waals surface area contributed by atoms with E-state index in [1.807, 2.05) is 12.9 Å². The molecule has 3 nitrogen and oxygen atoms in total. The zero-order valence-electron chi connectivity index (χ0n) is 7.20. The van der Waals surface area contributed by atoms with Crippen molar-refractivity contribution in [2.75, 3.05) is 7.11 Å². The largest absolute Gasteiger partial charge is 0.464 e. The summed E-state index contributed by atoms with van der Waals surface area (Å²) in [4.78, 5) is 15.1. The second-order valence-corrected chi connectivity index (χ2v) is 2.36. The number of rotatable bonds is 2. The smallest absolute Gasteiger partial charge is 0.356 e. The summed E-state index contributed by atoms with van der Waals surface area (Å²) < 4.78 is 4.53. The van der Waals surface area contributed by atoms with Crippen LogP contribution in [0, 0.1) is 0 Å². The van der Waals surface area contributed by atoms with Crippen LogP contribution >= 0.6 is 0 Å². The first-order valence-electron chi connectivity index (χ1n) is 3.82. The van der Waals surface area contributed by atoms with E-state index in [4.69, 9.17) is 0 Å². The molecule has 62 valence electrons. The summed E-state index contributed by atoms with van der Waals surface area (Å²) in [6.07, 6.45) is 0. The Morgan fingerprint density at radius 1 is 1.58 bits per heavy atom. The summed E-state index contributed by atoms with van der Waals surface area (Å²) >= 11 is 0. The number of esters is 1. The van der Waals surface area contributed by atoms with Crippen molar-refractivity contribution in [2.45, 2.75) is 6.82 Å². The highest BCUT2D eigenvalue weighted by Crippen LogP contribution is 1.93. The van der Waals surface area contributed by atoms with E-state index in [1.54, 1.807) is 12.1 Å². The molecule has 0 saturated heterocycles. The fourth-order valence-corrected chi connectivity index (χ4v) is 0.895. The van der Waals surface area contributed by atoms with Crippen molar-refractivity contribution in [3.8, 4) is 0 Å². The van der Waals surface area contributed by atoms with Crippen LogP contribution < -0.4 is 5.59 Å². The molecule has 0 bridgehead atoms. The van der Waals surface area contributed by atoms with Crippen molar-refractivity contribution in [2.24, 2.45) is 0 Å². The molecule has 1 heterocycles. The number of methoxy groups -OCH3 is 1. The molecule has 0 fully saturated rings. The maximum atomic E-state index is 11.0. The van der Waals surface area contributed by atoms with Gasteiger partial charge in [-0.2, -0.15) is 0 Å². The van der Waals surface area contributed by atoms with Crippen LogP contribution in [0.1, 0.15) is 10.5 Å². The van der Waals surface area contributed by atoms with Crippen LogP contribution in [-0.4, -0.2) is 25.3 Å². The standard InChI is InChI=1S/C8H10BNO2/c1-9-7-5-3-4-6(10-7)8(11)12-2/h3-5,9H,1-2H3. The average molecular weight is 163 g/mol. The molecule has 4 heteroatoms. The van der Waals surface area contributed by atoms with Crippen molar-refractivity contribution in [1.29, 1.82) is 0 Å². The van der Waals surface area contributed by atoms with Gasteiger partial charge in [-0.15, -0.1) is 0 Å². The molecule has 0 unspecified atom stereocenters. The third kappa shape index (κ3) is 1.84. The molecule has 0 aliphatic heterocycles. The Labute approximate surface area is 72.0 Å². The van der Waals surface area contributed by atoms with Gasteiger partial charge in [0.1, 0.15) is 5.69 Å². The van der Waals surface area contributed by atoms with Gasteiger partial charge >= 0.3 is 5.97 Å². The molecule has 0 atom stereocenters. The zero-order chi connectivity index (χ0) is 8.97. The van der Waals surface area contributed by atoms with Gasteiger partial charge < -0.3 is 4.74 Å². The lowest BCUT2D eigenvalue weighted by atomic mass is 9.77. The Bertz CT molecular complexity index is 288. The van der Waals surface area contributed by atoms with E-state index in [-0.39, 0.29) is 5.97 Å². The number of pyridine rings is 1. The second-order valence-electron chi connectivity index (χ2n) is 2.36. The first-order chi connectivity index (χ1) is 5.77. The molecule has 1 aromatic heterocycles. The highest BCUT2D eigenvalue weighted by atomic mass is 16.5. The highest BCUT2D eigenvalue weighted by molar-refractivity contribution is 6.50. The SMILES string of the molecule is CBc1cccc(C(=O)OC)n1. The third-order valence-corrected chi connectivity index (χ3v) is 1.56. The van der Waals surface area contributed by atoms with Gasteiger partial charge in [0.2, 0.25) is 0 Å². The predicted molar refractivity (Wildman–Crippen MR) is 48.2 cm³/mol. The number of nitrogens with zero attached hydrogens (tertiary/aromatic N) is 1. The van der Waals surface area contributed by atoms with E-state index in [0.717, 1.165) is 12.9 Å². The average Bonchev–Trinajstić information content (AvgIpc) is 2.17. The van der Waals surface area contributed by atoms with Crippen LogP contribution in [0.2, 0.25) is 6.82 Å². The van der Waals surface area contributed by atoms with Crippen LogP contribution in [0.25, 0.3) is 0 Å². The van der Waals surface area contributed by atoms with Gasteiger partial charge in [-0.1, -0.05) is 19.0 Å². The second kappa shape index (κ2) is 3.90. The number of ether oxygens (including phenoxy) is 1. The molecule has 0 amide bonds. The van der Waals surface area contributed by atoms with E-state index >= 15 is 0 Å². The fraction of sp³-hybridized carbons (Fsp3) is 0.250. The summed E-state index contributed by atoms with van der Waals surface area (Å²) in [5.41, 5.74) is 1.27. The van der Waals surface area contributed by atoms with Gasteiger partial charge in [0.15, 0.2) is 7.28 Å². The zero-order valence-corrected chi connectivity index (χ0v) is 7.20. The van der Waals surface area contributed by atoms with Crippen molar-refractivity contribution in [3.63, 3.8) is 0 Å². The highest BCUT2D eigenvalue weighted by Gasteiger charge is 2.05. The number of aromatic nitrogens is 1. The Kier molecular flexibility index (Phi) is 2.85. The van der Waals surface area contributed by atoms with E-state index in [2.05, 4.69) is 9.72 Å². The fourth-order valence-electron chi connectivity index (χ4n) is 0.895. The van der Waals surface area contributed by atoms with E-state index in [9.17, 15) is 4.79 Å². The summed E-state index contributed by atoms with van der Waals surface area (Å²) in [6, 6.07) is 5.33. The topological polar surface area (TPSA) is 39.2 Å². The van der Waals surface area contributed by atoms with Crippen molar-refractivity contribution < 1.29 is 9.53 Å². The molecular weight excluding hydrogens is 153 g/mol. The van der Waals surface area contributed by atoms with Crippen molar-refractivity contribution >= 4 is 18.8 Å². The van der Waals surface area contributed by atoms with Gasteiger partial charge in [0, 0.05) is 5.59 Å².